The van der Waals surface area contributed by atoms with Crippen molar-refractivity contribution in [2.24, 2.45) is 5.41 Å². The normalized spacial score (nSPS) is 20.6. The van der Waals surface area contributed by atoms with E-state index in [1.807, 2.05) is 0 Å². The van der Waals surface area contributed by atoms with Crippen LogP contribution in [0.25, 0.3) is 0 Å². The van der Waals surface area contributed by atoms with Crippen LogP contribution >= 0.6 is 0 Å². The fourth-order valence-corrected chi connectivity index (χ4v) is 6.16. The molecule has 3 nitrogen and oxygen atoms in total. The minimum Gasteiger partial charge on any atom is -0.389 e. The van der Waals surface area contributed by atoms with E-state index >= 15 is 0 Å². The number of benzene rings is 2. The largest absolute Gasteiger partial charge is 0.389 e. The molecule has 1 aliphatic rings. The third kappa shape index (κ3) is 6.56. The van der Waals surface area contributed by atoms with Crippen molar-refractivity contribution in [1.82, 2.24) is 10.4 Å². The SMILES string of the molecule is CCCCC(O)(CCCC)C(C)(C)[C@H](CC)NN1[C@H](c2ccccc2)CCC[C@H]1c1ccccc1. The maximum absolute atomic E-state index is 12.1. The van der Waals surface area contributed by atoms with Gasteiger partial charge in [0, 0.05) is 23.5 Å². The predicted octanol–water partition coefficient (Wildman–Crippen LogP) is 8.38. The highest BCUT2D eigenvalue weighted by atomic mass is 16.3. The zero-order chi connectivity index (χ0) is 25.3. The third-order valence-corrected chi connectivity index (χ3v) is 8.67. The van der Waals surface area contributed by atoms with Gasteiger partial charge < -0.3 is 5.11 Å². The maximum Gasteiger partial charge on any atom is 0.0713 e. The van der Waals surface area contributed by atoms with Crippen LogP contribution in [0.4, 0.5) is 0 Å². The van der Waals surface area contributed by atoms with E-state index in [1.54, 1.807) is 0 Å². The zero-order valence-corrected chi connectivity index (χ0v) is 23.0. The summed E-state index contributed by atoms with van der Waals surface area (Å²) in [5.74, 6) is 0. The first kappa shape index (κ1) is 27.9. The number of piperidine rings is 1. The van der Waals surface area contributed by atoms with E-state index in [0.717, 1.165) is 57.8 Å². The molecular weight excluding hydrogens is 428 g/mol. The Hall–Kier alpha value is -1.68. The maximum atomic E-state index is 12.1. The monoisotopic (exact) mass is 478 g/mol. The Labute approximate surface area is 215 Å². The number of hydrazine groups is 1. The predicted molar refractivity (Wildman–Crippen MR) is 149 cm³/mol. The lowest BCUT2D eigenvalue weighted by Gasteiger charge is -2.52. The topological polar surface area (TPSA) is 35.5 Å². The first-order valence-electron chi connectivity index (χ1n) is 14.2. The van der Waals surface area contributed by atoms with Gasteiger partial charge in [-0.05, 0) is 49.7 Å². The van der Waals surface area contributed by atoms with E-state index in [9.17, 15) is 5.11 Å². The zero-order valence-electron chi connectivity index (χ0n) is 23.0. The van der Waals surface area contributed by atoms with Gasteiger partial charge in [-0.1, -0.05) is 121 Å². The Balaban J connectivity index is 1.97. The molecule has 2 aromatic rings. The summed E-state index contributed by atoms with van der Waals surface area (Å²) in [7, 11) is 0. The fourth-order valence-electron chi connectivity index (χ4n) is 6.16. The van der Waals surface area contributed by atoms with Gasteiger partial charge >= 0.3 is 0 Å². The summed E-state index contributed by atoms with van der Waals surface area (Å²) in [6.45, 7) is 11.3. The summed E-state index contributed by atoms with van der Waals surface area (Å²) in [4.78, 5) is 0. The number of hydrogen-bond acceptors (Lipinski definition) is 3. The van der Waals surface area contributed by atoms with Crippen LogP contribution in [0.3, 0.4) is 0 Å². The molecule has 1 heterocycles. The highest BCUT2D eigenvalue weighted by Crippen LogP contribution is 2.45. The van der Waals surface area contributed by atoms with Crippen LogP contribution in [0.2, 0.25) is 0 Å². The first-order valence-corrected chi connectivity index (χ1v) is 14.2. The molecule has 3 rings (SSSR count). The van der Waals surface area contributed by atoms with Crippen LogP contribution in [0.15, 0.2) is 60.7 Å². The van der Waals surface area contributed by atoms with Gasteiger partial charge in [-0.2, -0.15) is 0 Å². The van der Waals surface area contributed by atoms with Gasteiger partial charge in [-0.15, -0.1) is 0 Å². The summed E-state index contributed by atoms with van der Waals surface area (Å²) in [5, 5.41) is 14.7. The Bertz CT molecular complexity index is 795. The van der Waals surface area contributed by atoms with E-state index in [4.69, 9.17) is 0 Å². The molecular formula is C32H50N2O. The lowest BCUT2D eigenvalue weighted by molar-refractivity contribution is -0.121. The average molecular weight is 479 g/mol. The molecule has 0 spiro atoms. The van der Waals surface area contributed by atoms with Crippen molar-refractivity contribution in [3.8, 4) is 0 Å². The lowest BCUT2D eigenvalue weighted by Crippen LogP contribution is -2.61. The second kappa shape index (κ2) is 13.0. The Kier molecular flexibility index (Phi) is 10.4. The van der Waals surface area contributed by atoms with Crippen LogP contribution in [0, 0.1) is 5.41 Å². The molecule has 35 heavy (non-hydrogen) atoms. The van der Waals surface area contributed by atoms with Crippen molar-refractivity contribution in [2.45, 2.75) is 123 Å². The molecule has 1 fully saturated rings. The van der Waals surface area contributed by atoms with Crippen molar-refractivity contribution in [3.63, 3.8) is 0 Å². The first-order chi connectivity index (χ1) is 16.9. The van der Waals surface area contributed by atoms with Crippen LogP contribution in [-0.4, -0.2) is 21.8 Å². The molecule has 0 saturated carbocycles. The van der Waals surface area contributed by atoms with Gasteiger partial charge in [0.15, 0.2) is 0 Å². The van der Waals surface area contributed by atoms with E-state index < -0.39 is 5.60 Å². The Morgan fingerprint density at radius 2 is 1.29 bits per heavy atom. The summed E-state index contributed by atoms with van der Waals surface area (Å²) in [6, 6.07) is 22.8. The molecule has 0 bridgehead atoms. The second-order valence-electron chi connectivity index (χ2n) is 11.2. The molecule has 3 heteroatoms. The molecule has 0 radical (unpaired) electrons. The Morgan fingerprint density at radius 1 is 0.829 bits per heavy atom. The molecule has 0 amide bonds. The van der Waals surface area contributed by atoms with Crippen LogP contribution in [0.5, 0.6) is 0 Å². The molecule has 2 N–H and O–H groups in total. The van der Waals surface area contributed by atoms with Gasteiger partial charge in [-0.25, -0.2) is 5.01 Å². The van der Waals surface area contributed by atoms with E-state index in [2.05, 4.69) is 106 Å². The summed E-state index contributed by atoms with van der Waals surface area (Å²) in [6.07, 6.45) is 10.6. The fraction of sp³-hybridized carbons (Fsp3) is 0.625. The molecule has 1 aliphatic heterocycles. The highest BCUT2D eigenvalue weighted by Gasteiger charge is 2.48. The number of hydrogen-bond donors (Lipinski definition) is 2. The average Bonchev–Trinajstić information content (AvgIpc) is 2.90. The van der Waals surface area contributed by atoms with Gasteiger partial charge in [-0.3, -0.25) is 5.43 Å². The molecule has 1 saturated heterocycles. The molecule has 0 aromatic heterocycles. The minimum absolute atomic E-state index is 0.178. The van der Waals surface area contributed by atoms with Gasteiger partial charge in [0.1, 0.15) is 0 Å². The van der Waals surface area contributed by atoms with Gasteiger partial charge in [0.25, 0.3) is 0 Å². The smallest absolute Gasteiger partial charge is 0.0713 e. The van der Waals surface area contributed by atoms with Crippen molar-refractivity contribution < 1.29 is 5.11 Å². The molecule has 0 aliphatic carbocycles. The van der Waals surface area contributed by atoms with Crippen molar-refractivity contribution in [2.75, 3.05) is 0 Å². The quantitative estimate of drug-likeness (QED) is 0.303. The molecule has 2 aromatic carbocycles. The number of unbranched alkanes of at least 4 members (excludes halogenated alkanes) is 2. The van der Waals surface area contributed by atoms with Crippen molar-refractivity contribution in [1.29, 1.82) is 0 Å². The van der Waals surface area contributed by atoms with E-state index in [0.29, 0.717) is 12.1 Å². The van der Waals surface area contributed by atoms with Crippen molar-refractivity contribution in [3.05, 3.63) is 71.8 Å². The third-order valence-electron chi connectivity index (χ3n) is 8.67. The van der Waals surface area contributed by atoms with Crippen LogP contribution < -0.4 is 5.43 Å². The summed E-state index contributed by atoms with van der Waals surface area (Å²) < 4.78 is 0. The van der Waals surface area contributed by atoms with Crippen LogP contribution in [0.1, 0.15) is 122 Å². The standard InChI is InChI=1S/C32H50N2O/c1-6-9-24-32(35,25-10-7-2)31(4,5)30(8-3)33-34-28(26-18-13-11-14-19-26)22-17-23-29(34)27-20-15-12-16-21-27/h11-16,18-21,28-30,33,35H,6-10,17,22-25H2,1-5H3/t28-,29-,30-/m0/s1. The van der Waals surface area contributed by atoms with Gasteiger partial charge in [0.05, 0.1) is 5.60 Å². The number of nitrogens with one attached hydrogen (secondary N) is 1. The summed E-state index contributed by atoms with van der Waals surface area (Å²) in [5.41, 5.74) is 5.89. The Morgan fingerprint density at radius 3 is 1.69 bits per heavy atom. The van der Waals surface area contributed by atoms with Crippen molar-refractivity contribution >= 4 is 0 Å². The van der Waals surface area contributed by atoms with E-state index in [-0.39, 0.29) is 11.5 Å². The second-order valence-corrected chi connectivity index (χ2v) is 11.2. The van der Waals surface area contributed by atoms with Gasteiger partial charge in [0.2, 0.25) is 0 Å². The minimum atomic E-state index is -0.674. The number of aliphatic hydroxyl groups is 1. The molecule has 0 unspecified atom stereocenters. The highest BCUT2D eigenvalue weighted by molar-refractivity contribution is 5.24. The van der Waals surface area contributed by atoms with Crippen LogP contribution in [-0.2, 0) is 0 Å². The number of nitrogens with zero attached hydrogens (tertiary/aromatic N) is 1. The molecule has 3 atom stereocenters. The lowest BCUT2D eigenvalue weighted by atomic mass is 9.65. The van der Waals surface area contributed by atoms with E-state index in [1.165, 1.54) is 17.5 Å². The summed E-state index contributed by atoms with van der Waals surface area (Å²) >= 11 is 0. The molecule has 194 valence electrons. The number of rotatable bonds is 13.